The van der Waals surface area contributed by atoms with Crippen molar-refractivity contribution in [2.75, 3.05) is 69.4 Å². The third-order valence-corrected chi connectivity index (χ3v) is 9.44. The van der Waals surface area contributed by atoms with Crippen LogP contribution in [0.15, 0.2) is 24.4 Å². The molecule has 0 bridgehead atoms. The van der Waals surface area contributed by atoms with E-state index in [0.717, 1.165) is 91.5 Å². The van der Waals surface area contributed by atoms with Crippen molar-refractivity contribution in [2.24, 2.45) is 5.92 Å². The molecule has 2 unspecified atom stereocenters. The number of nitrogen functional groups attached to an aromatic ring is 1. The van der Waals surface area contributed by atoms with E-state index >= 15 is 0 Å². The summed E-state index contributed by atoms with van der Waals surface area (Å²) < 4.78 is 5.94. The quantitative estimate of drug-likeness (QED) is 0.429. The summed E-state index contributed by atoms with van der Waals surface area (Å²) in [5.74, 6) is 2.09. The molecule has 6 rings (SSSR count). The second-order valence-electron chi connectivity index (χ2n) is 12.1. The Hall–Kier alpha value is -3.68. The van der Waals surface area contributed by atoms with Crippen molar-refractivity contribution in [3.8, 4) is 22.9 Å². The van der Waals surface area contributed by atoms with Gasteiger partial charge in [0.2, 0.25) is 0 Å². The number of aromatic nitrogens is 3. The van der Waals surface area contributed by atoms with Crippen molar-refractivity contribution in [1.82, 2.24) is 24.8 Å². The number of methoxy groups -OCH3 is 1. The number of hydrogen-bond donors (Lipinski definition) is 2. The number of rotatable bonds is 7. The molecule has 3 fully saturated rings. The fraction of sp³-hybridized carbons (Fsp3) is 0.562. The van der Waals surface area contributed by atoms with E-state index in [-0.39, 0.29) is 12.0 Å². The van der Waals surface area contributed by atoms with Crippen LogP contribution in [0.1, 0.15) is 44.7 Å². The highest BCUT2D eigenvalue weighted by molar-refractivity contribution is 5.97. The number of aryl methyl sites for hydroxylation is 1. The van der Waals surface area contributed by atoms with Crippen LogP contribution in [-0.2, 0) is 6.42 Å². The fourth-order valence-corrected chi connectivity index (χ4v) is 6.85. The van der Waals surface area contributed by atoms with Crippen LogP contribution in [-0.4, -0.2) is 90.3 Å². The van der Waals surface area contributed by atoms with Gasteiger partial charge in [-0.25, -0.2) is 15.0 Å². The first-order valence-corrected chi connectivity index (χ1v) is 15.4. The Morgan fingerprint density at radius 3 is 2.52 bits per heavy atom. The molecule has 222 valence electrons. The minimum atomic E-state index is 0.0972. The molecule has 0 amide bonds. The number of hydrogen-bond acceptors (Lipinski definition) is 10. The monoisotopic (exact) mass is 569 g/mol. The van der Waals surface area contributed by atoms with Gasteiger partial charge in [0.25, 0.3) is 0 Å². The van der Waals surface area contributed by atoms with Crippen LogP contribution >= 0.6 is 0 Å². The molecule has 1 aliphatic carbocycles. The highest BCUT2D eigenvalue weighted by Gasteiger charge is 2.29. The number of ether oxygens (including phenoxy) is 1. The van der Waals surface area contributed by atoms with E-state index in [9.17, 15) is 5.26 Å². The zero-order valence-electron chi connectivity index (χ0n) is 25.1. The second kappa shape index (κ2) is 12.3. The molecule has 1 saturated carbocycles. The number of pyridine rings is 1. The van der Waals surface area contributed by atoms with Crippen LogP contribution in [0.2, 0.25) is 0 Å². The summed E-state index contributed by atoms with van der Waals surface area (Å²) in [5, 5.41) is 13.0. The van der Waals surface area contributed by atoms with Crippen molar-refractivity contribution >= 4 is 28.4 Å². The van der Waals surface area contributed by atoms with Gasteiger partial charge in [-0.15, -0.1) is 0 Å². The average Bonchev–Trinajstić information content (AvgIpc) is 3.49. The van der Waals surface area contributed by atoms with Crippen molar-refractivity contribution in [2.45, 2.75) is 57.5 Å². The minimum absolute atomic E-state index is 0.0972. The average molecular weight is 570 g/mol. The Morgan fingerprint density at radius 1 is 1.05 bits per heavy atom. The van der Waals surface area contributed by atoms with E-state index in [0.29, 0.717) is 17.4 Å². The summed E-state index contributed by atoms with van der Waals surface area (Å²) >= 11 is 0. The fourth-order valence-electron chi connectivity index (χ4n) is 6.85. The molecule has 3 aromatic rings. The van der Waals surface area contributed by atoms with Gasteiger partial charge in [-0.05, 0) is 63.3 Å². The maximum Gasteiger partial charge on any atom is 0.151 e. The largest absolute Gasteiger partial charge is 0.495 e. The molecule has 1 aromatic carbocycles. The highest BCUT2D eigenvalue weighted by Crippen LogP contribution is 2.38. The van der Waals surface area contributed by atoms with Crippen molar-refractivity contribution in [3.05, 3.63) is 30.1 Å². The Morgan fingerprint density at radius 2 is 1.83 bits per heavy atom. The predicted octanol–water partition coefficient (Wildman–Crippen LogP) is 4.17. The number of nitrogens with zero attached hydrogens (tertiary/aromatic N) is 7. The van der Waals surface area contributed by atoms with Crippen molar-refractivity contribution in [3.63, 3.8) is 0 Å². The van der Waals surface area contributed by atoms with Crippen LogP contribution in [0.3, 0.4) is 0 Å². The van der Waals surface area contributed by atoms with Gasteiger partial charge < -0.3 is 25.6 Å². The third kappa shape index (κ3) is 5.68. The van der Waals surface area contributed by atoms with Gasteiger partial charge in [0.1, 0.15) is 22.6 Å². The van der Waals surface area contributed by atoms with E-state index in [2.05, 4.69) is 63.2 Å². The summed E-state index contributed by atoms with van der Waals surface area (Å²) in [7, 11) is 3.95. The summed E-state index contributed by atoms with van der Waals surface area (Å²) in [6, 6.07) is 9.68. The molecule has 42 heavy (non-hydrogen) atoms. The van der Waals surface area contributed by atoms with Gasteiger partial charge in [0, 0.05) is 69.0 Å². The smallest absolute Gasteiger partial charge is 0.151 e. The molecular weight excluding hydrogens is 526 g/mol. The maximum atomic E-state index is 9.36. The van der Waals surface area contributed by atoms with Gasteiger partial charge >= 0.3 is 0 Å². The lowest BCUT2D eigenvalue weighted by molar-refractivity contribution is 0.0981. The number of benzene rings is 1. The Balaban J connectivity index is 1.26. The molecule has 2 aromatic heterocycles. The molecule has 10 heteroatoms. The lowest BCUT2D eigenvalue weighted by atomic mass is 10.00. The van der Waals surface area contributed by atoms with Gasteiger partial charge in [-0.2, -0.15) is 5.26 Å². The van der Waals surface area contributed by atoms with Crippen LogP contribution < -0.4 is 20.7 Å². The topological polar surface area (TPSA) is 119 Å². The summed E-state index contributed by atoms with van der Waals surface area (Å²) in [5.41, 5.74) is 11.5. The van der Waals surface area contributed by atoms with Crippen molar-refractivity contribution in [1.29, 1.82) is 5.26 Å². The number of piperidine rings is 1. The van der Waals surface area contributed by atoms with Gasteiger partial charge in [0.15, 0.2) is 5.82 Å². The molecule has 3 aliphatic rings. The van der Waals surface area contributed by atoms with Crippen LogP contribution in [0.25, 0.3) is 22.2 Å². The van der Waals surface area contributed by atoms with Gasteiger partial charge in [-0.1, -0.05) is 13.0 Å². The number of likely N-dealkylation sites (N-methyl/N-ethyl adjacent to an activating group) is 1. The molecule has 2 aliphatic heterocycles. The second-order valence-corrected chi connectivity index (χ2v) is 12.1. The first-order chi connectivity index (χ1) is 20.5. The number of nitrogens with two attached hydrogens (primary N) is 1. The molecule has 0 spiro atoms. The van der Waals surface area contributed by atoms with Crippen molar-refractivity contribution < 1.29 is 4.74 Å². The van der Waals surface area contributed by atoms with E-state index in [1.54, 1.807) is 13.3 Å². The highest BCUT2D eigenvalue weighted by atomic mass is 16.5. The van der Waals surface area contributed by atoms with E-state index in [4.69, 9.17) is 20.4 Å². The van der Waals surface area contributed by atoms with Crippen LogP contribution in [0.5, 0.6) is 5.75 Å². The lowest BCUT2D eigenvalue weighted by Crippen LogP contribution is -2.52. The Kier molecular flexibility index (Phi) is 8.31. The van der Waals surface area contributed by atoms with Gasteiger partial charge in [-0.3, -0.25) is 4.90 Å². The summed E-state index contributed by atoms with van der Waals surface area (Å²) in [6.07, 6.45) is 7.55. The molecule has 2 atom stereocenters. The molecule has 0 radical (unpaired) electrons. The lowest BCUT2D eigenvalue weighted by Gasteiger charge is -2.42. The zero-order valence-corrected chi connectivity index (χ0v) is 25.1. The number of nitriles is 1. The number of fused-ring (bicyclic) bond motifs is 1. The summed E-state index contributed by atoms with van der Waals surface area (Å²) in [6.45, 7) is 8.77. The summed E-state index contributed by atoms with van der Waals surface area (Å²) in [4.78, 5) is 22.1. The van der Waals surface area contributed by atoms with E-state index < -0.39 is 0 Å². The van der Waals surface area contributed by atoms with E-state index in [1.165, 1.54) is 25.9 Å². The molecule has 10 nitrogen and oxygen atoms in total. The van der Waals surface area contributed by atoms with E-state index in [1.807, 2.05) is 0 Å². The van der Waals surface area contributed by atoms with Crippen LogP contribution in [0.4, 0.5) is 17.3 Å². The Labute approximate surface area is 248 Å². The molecule has 3 N–H and O–H groups in total. The third-order valence-electron chi connectivity index (χ3n) is 9.44. The SMILES string of the molecule is CCc1nc2c(N)ncc(-c3ccc(N4CCC(N5CCN(C)CC5)CC4)c(OC)c3)c2nc1NC1CCC(C#N)C1. The maximum absolute atomic E-state index is 9.36. The minimum Gasteiger partial charge on any atom is -0.495 e. The zero-order chi connectivity index (χ0) is 29.2. The molecule has 4 heterocycles. The molecule has 2 saturated heterocycles. The van der Waals surface area contributed by atoms with Crippen LogP contribution in [0, 0.1) is 17.2 Å². The number of nitrogens with one attached hydrogen (secondary N) is 1. The Bertz CT molecular complexity index is 1450. The first-order valence-electron chi connectivity index (χ1n) is 15.4. The number of piperazine rings is 1. The standard InChI is InChI=1S/C32H43N9O/c1-4-26-32(36-23-7-5-21(17-23)19-33)38-29-25(20-35-31(34)30(29)37-26)22-6-8-27(28(18-22)42-3)41-11-9-24(10-12-41)40-15-13-39(2)14-16-40/h6,8,18,20-21,23-24H,4-5,7,9-17H2,1-3H3,(H2,34,35)(H,36,38). The number of anilines is 3. The van der Waals surface area contributed by atoms with Gasteiger partial charge in [0.05, 0.1) is 24.6 Å². The first kappa shape index (κ1) is 28.4. The predicted molar refractivity (Wildman–Crippen MR) is 168 cm³/mol. The normalized spacial score (nSPS) is 22.4. The molecular formula is C32H43N9O.